The molecule has 1 aromatic heterocycles. The third-order valence-electron chi connectivity index (χ3n) is 3.30. The van der Waals surface area contributed by atoms with Crippen molar-refractivity contribution in [1.29, 1.82) is 0 Å². The lowest BCUT2D eigenvalue weighted by molar-refractivity contribution is -0.136. The lowest BCUT2D eigenvalue weighted by Gasteiger charge is -2.39. The van der Waals surface area contributed by atoms with Crippen molar-refractivity contribution in [2.75, 3.05) is 19.8 Å². The van der Waals surface area contributed by atoms with Crippen LogP contribution in [0.4, 0.5) is 0 Å². The third kappa shape index (κ3) is 2.19. The summed E-state index contributed by atoms with van der Waals surface area (Å²) >= 11 is 1.66. The topological polar surface area (TPSA) is 42.4 Å². The van der Waals surface area contributed by atoms with E-state index in [1.807, 2.05) is 18.2 Å². The van der Waals surface area contributed by atoms with Crippen molar-refractivity contribution in [3.8, 4) is 11.3 Å². The van der Waals surface area contributed by atoms with Crippen LogP contribution in [0.1, 0.15) is 5.01 Å². The van der Waals surface area contributed by atoms with Crippen molar-refractivity contribution < 1.29 is 9.84 Å². The van der Waals surface area contributed by atoms with Gasteiger partial charge in [-0.15, -0.1) is 11.3 Å². The normalized spacial score (nSPS) is 17.4. The first-order valence-electron chi connectivity index (χ1n) is 6.00. The number of ether oxygens (including phenoxy) is 1. The van der Waals surface area contributed by atoms with Crippen molar-refractivity contribution in [2.24, 2.45) is 5.41 Å². The number of aliphatic hydroxyl groups excluding tert-OH is 1. The van der Waals surface area contributed by atoms with Gasteiger partial charge in [-0.25, -0.2) is 4.98 Å². The van der Waals surface area contributed by atoms with Crippen molar-refractivity contribution >= 4 is 11.3 Å². The number of nitrogens with zero attached hydrogens (tertiary/aromatic N) is 1. The summed E-state index contributed by atoms with van der Waals surface area (Å²) in [7, 11) is 0. The molecule has 94 valence electrons. The highest BCUT2D eigenvalue weighted by molar-refractivity contribution is 7.09. The average Bonchev–Trinajstić information content (AvgIpc) is 2.83. The Kier molecular flexibility index (Phi) is 3.16. The van der Waals surface area contributed by atoms with Crippen molar-refractivity contribution in [3.05, 3.63) is 40.7 Å². The molecule has 3 rings (SSSR count). The average molecular weight is 261 g/mol. The van der Waals surface area contributed by atoms with Crippen LogP contribution in [0.2, 0.25) is 0 Å². The van der Waals surface area contributed by atoms with Crippen LogP contribution in [-0.4, -0.2) is 29.9 Å². The summed E-state index contributed by atoms with van der Waals surface area (Å²) < 4.78 is 5.21. The van der Waals surface area contributed by atoms with Crippen LogP contribution in [0.15, 0.2) is 35.7 Å². The molecule has 1 aliphatic heterocycles. The Balaban J connectivity index is 1.78. The maximum Gasteiger partial charge on any atom is 0.0940 e. The molecule has 1 N–H and O–H groups in total. The van der Waals surface area contributed by atoms with E-state index < -0.39 is 0 Å². The van der Waals surface area contributed by atoms with Crippen LogP contribution in [-0.2, 0) is 11.2 Å². The molecule has 0 amide bonds. The van der Waals surface area contributed by atoms with E-state index in [4.69, 9.17) is 4.74 Å². The summed E-state index contributed by atoms with van der Waals surface area (Å²) in [5, 5.41) is 12.6. The Morgan fingerprint density at radius 1 is 1.28 bits per heavy atom. The van der Waals surface area contributed by atoms with Crippen molar-refractivity contribution in [2.45, 2.75) is 6.42 Å². The van der Waals surface area contributed by atoms with Gasteiger partial charge in [0.25, 0.3) is 0 Å². The van der Waals surface area contributed by atoms with Gasteiger partial charge in [-0.1, -0.05) is 30.3 Å². The molecule has 0 saturated carbocycles. The van der Waals surface area contributed by atoms with Gasteiger partial charge < -0.3 is 9.84 Å². The van der Waals surface area contributed by atoms with Crippen LogP contribution in [0, 0.1) is 5.41 Å². The molecule has 1 aliphatic rings. The van der Waals surface area contributed by atoms with E-state index in [0.29, 0.717) is 13.2 Å². The SMILES string of the molecule is OCC1(Cc2nc(-c3ccccc3)cs2)COC1. The number of hydrogen-bond acceptors (Lipinski definition) is 4. The van der Waals surface area contributed by atoms with Crippen LogP contribution < -0.4 is 0 Å². The van der Waals surface area contributed by atoms with E-state index in [1.165, 1.54) is 0 Å². The molecule has 0 atom stereocenters. The van der Waals surface area contributed by atoms with Gasteiger partial charge in [0.15, 0.2) is 0 Å². The molecule has 1 saturated heterocycles. The first-order valence-corrected chi connectivity index (χ1v) is 6.88. The van der Waals surface area contributed by atoms with Gasteiger partial charge in [-0.05, 0) is 0 Å². The number of hydrogen-bond donors (Lipinski definition) is 1. The molecular weight excluding hydrogens is 246 g/mol. The summed E-state index contributed by atoms with van der Waals surface area (Å²) in [5.41, 5.74) is 2.07. The van der Waals surface area contributed by atoms with E-state index in [1.54, 1.807) is 11.3 Å². The monoisotopic (exact) mass is 261 g/mol. The highest BCUT2D eigenvalue weighted by Crippen LogP contribution is 2.33. The van der Waals surface area contributed by atoms with E-state index in [0.717, 1.165) is 22.7 Å². The summed E-state index contributed by atoms with van der Waals surface area (Å²) in [5.74, 6) is 0. The number of rotatable bonds is 4. The molecule has 0 radical (unpaired) electrons. The molecule has 0 bridgehead atoms. The molecule has 0 unspecified atom stereocenters. The predicted octanol–water partition coefficient (Wildman–Crippen LogP) is 2.36. The molecule has 3 nitrogen and oxygen atoms in total. The summed E-state index contributed by atoms with van der Waals surface area (Å²) in [6, 6.07) is 10.2. The fraction of sp³-hybridized carbons (Fsp3) is 0.357. The van der Waals surface area contributed by atoms with Crippen LogP contribution in [0.3, 0.4) is 0 Å². The molecular formula is C14H15NO2S. The van der Waals surface area contributed by atoms with E-state index in [-0.39, 0.29) is 12.0 Å². The number of benzene rings is 1. The molecule has 1 fully saturated rings. The van der Waals surface area contributed by atoms with Crippen molar-refractivity contribution in [1.82, 2.24) is 4.98 Å². The van der Waals surface area contributed by atoms with Crippen LogP contribution in [0.25, 0.3) is 11.3 Å². The molecule has 2 aromatic rings. The summed E-state index contributed by atoms with van der Waals surface area (Å²) in [4.78, 5) is 4.65. The second-order valence-electron chi connectivity index (χ2n) is 4.82. The Hall–Kier alpha value is -1.23. The van der Waals surface area contributed by atoms with E-state index >= 15 is 0 Å². The minimum atomic E-state index is -0.0915. The number of thiazole rings is 1. The molecule has 4 heteroatoms. The lowest BCUT2D eigenvalue weighted by Crippen LogP contribution is -2.47. The largest absolute Gasteiger partial charge is 0.396 e. The maximum absolute atomic E-state index is 9.42. The van der Waals surface area contributed by atoms with Gasteiger partial charge in [0, 0.05) is 22.8 Å². The van der Waals surface area contributed by atoms with E-state index in [2.05, 4.69) is 22.5 Å². The quantitative estimate of drug-likeness (QED) is 0.918. The zero-order valence-corrected chi connectivity index (χ0v) is 10.8. The van der Waals surface area contributed by atoms with Gasteiger partial charge in [0.05, 0.1) is 30.5 Å². The first kappa shape index (κ1) is 11.8. The third-order valence-corrected chi connectivity index (χ3v) is 4.15. The van der Waals surface area contributed by atoms with E-state index in [9.17, 15) is 5.11 Å². The Bertz CT molecular complexity index is 514. The standard InChI is InChI=1S/C14H15NO2S/c16-8-14(9-17-10-14)6-13-15-12(7-18-13)11-4-2-1-3-5-11/h1-5,7,16H,6,8-10H2. The zero-order valence-electron chi connectivity index (χ0n) is 10.0. The fourth-order valence-corrected chi connectivity index (χ4v) is 3.07. The highest BCUT2D eigenvalue weighted by atomic mass is 32.1. The summed E-state index contributed by atoms with van der Waals surface area (Å²) in [6.45, 7) is 1.46. The molecule has 2 heterocycles. The second-order valence-corrected chi connectivity index (χ2v) is 5.76. The van der Waals surface area contributed by atoms with Crippen LogP contribution >= 0.6 is 11.3 Å². The minimum absolute atomic E-state index is 0.0915. The first-order chi connectivity index (χ1) is 8.81. The van der Waals surface area contributed by atoms with Gasteiger partial charge in [-0.3, -0.25) is 0 Å². The number of aliphatic hydroxyl groups is 1. The van der Waals surface area contributed by atoms with Gasteiger partial charge in [0.1, 0.15) is 0 Å². The maximum atomic E-state index is 9.42. The Labute approximate surface area is 110 Å². The van der Waals surface area contributed by atoms with Crippen molar-refractivity contribution in [3.63, 3.8) is 0 Å². The summed E-state index contributed by atoms with van der Waals surface area (Å²) in [6.07, 6.45) is 0.807. The fourth-order valence-electron chi connectivity index (χ4n) is 2.09. The molecule has 1 aromatic carbocycles. The lowest BCUT2D eigenvalue weighted by atomic mass is 9.84. The molecule has 0 spiro atoms. The molecule has 0 aliphatic carbocycles. The van der Waals surface area contributed by atoms with Gasteiger partial charge in [-0.2, -0.15) is 0 Å². The second kappa shape index (κ2) is 4.80. The van der Waals surface area contributed by atoms with Gasteiger partial charge >= 0.3 is 0 Å². The van der Waals surface area contributed by atoms with Gasteiger partial charge in [0.2, 0.25) is 0 Å². The van der Waals surface area contributed by atoms with Crippen LogP contribution in [0.5, 0.6) is 0 Å². The molecule has 18 heavy (non-hydrogen) atoms. The minimum Gasteiger partial charge on any atom is -0.396 e. The smallest absolute Gasteiger partial charge is 0.0940 e. The Morgan fingerprint density at radius 3 is 2.67 bits per heavy atom. The number of aromatic nitrogens is 1. The Morgan fingerprint density at radius 2 is 2.06 bits per heavy atom. The highest BCUT2D eigenvalue weighted by Gasteiger charge is 2.38. The predicted molar refractivity (Wildman–Crippen MR) is 71.6 cm³/mol. The zero-order chi connectivity index (χ0) is 12.4.